The first-order valence-corrected chi connectivity index (χ1v) is 10.1. The van der Waals surface area contributed by atoms with Crippen molar-refractivity contribution in [2.75, 3.05) is 39.0 Å². The predicted octanol–water partition coefficient (Wildman–Crippen LogP) is 0.313. The quantitative estimate of drug-likeness (QED) is 0.778. The zero-order valence-electron chi connectivity index (χ0n) is 17.7. The summed E-state index contributed by atoms with van der Waals surface area (Å²) in [5, 5.41) is 2.75. The lowest BCUT2D eigenvalue weighted by Crippen LogP contribution is -3.06. The zero-order valence-corrected chi connectivity index (χ0v) is 17.7. The molecule has 2 N–H and O–H groups in total. The van der Waals surface area contributed by atoms with Crippen LogP contribution in [0.5, 0.6) is 0 Å². The average Bonchev–Trinajstić information content (AvgIpc) is 2.55. The maximum absolute atomic E-state index is 12.9. The molecule has 0 aromatic carbocycles. The molecule has 3 heterocycles. The predicted molar refractivity (Wildman–Crippen MR) is 109 cm³/mol. The maximum Gasteiger partial charge on any atom is 0.279 e. The highest BCUT2D eigenvalue weighted by Gasteiger charge is 2.37. The number of carbonyl (C=O) groups is 2. The van der Waals surface area contributed by atoms with Gasteiger partial charge in [0, 0.05) is 37.7 Å². The molecule has 1 fully saturated rings. The van der Waals surface area contributed by atoms with Crippen molar-refractivity contribution in [2.45, 2.75) is 46.1 Å². The highest BCUT2D eigenvalue weighted by molar-refractivity contribution is 5.91. The fourth-order valence-electron chi connectivity index (χ4n) is 4.33. The molecule has 2 atom stereocenters. The van der Waals surface area contributed by atoms with E-state index in [1.165, 1.54) is 0 Å². The number of aromatic nitrogens is 1. The van der Waals surface area contributed by atoms with Crippen molar-refractivity contribution in [3.63, 3.8) is 0 Å². The molecule has 0 spiro atoms. The Hall–Kier alpha value is -2.15. The molecule has 2 bridgehead atoms. The third kappa shape index (κ3) is 4.63. The smallest absolute Gasteiger partial charge is 0.279 e. The number of hydrogen-bond acceptors (Lipinski definition) is 3. The van der Waals surface area contributed by atoms with E-state index in [1.54, 1.807) is 6.07 Å². The van der Waals surface area contributed by atoms with Crippen molar-refractivity contribution in [1.82, 2.24) is 9.47 Å². The number of piperidine rings is 1. The van der Waals surface area contributed by atoms with Crippen molar-refractivity contribution >= 4 is 17.5 Å². The van der Waals surface area contributed by atoms with Crippen LogP contribution in [-0.2, 0) is 16.1 Å². The van der Waals surface area contributed by atoms with Gasteiger partial charge in [-0.25, -0.2) is 0 Å². The fourth-order valence-corrected chi connectivity index (χ4v) is 4.33. The number of pyridine rings is 1. The molecule has 0 radical (unpaired) electrons. The monoisotopic (exact) mass is 389 g/mol. The Kier molecular flexibility index (Phi) is 5.66. The Bertz CT molecular complexity index is 822. The van der Waals surface area contributed by atoms with Crippen molar-refractivity contribution in [2.24, 2.45) is 11.3 Å². The number of nitrogens with one attached hydrogen (secondary N) is 2. The summed E-state index contributed by atoms with van der Waals surface area (Å²) in [4.78, 5) is 40.7. The van der Waals surface area contributed by atoms with Gasteiger partial charge in [0.1, 0.15) is 5.69 Å². The van der Waals surface area contributed by atoms with Crippen LogP contribution in [0.25, 0.3) is 0 Å². The van der Waals surface area contributed by atoms with Crippen LogP contribution in [0.4, 0.5) is 5.69 Å². The van der Waals surface area contributed by atoms with Gasteiger partial charge >= 0.3 is 0 Å². The van der Waals surface area contributed by atoms with Gasteiger partial charge in [0.05, 0.1) is 14.1 Å². The Balaban J connectivity index is 1.78. The van der Waals surface area contributed by atoms with Gasteiger partial charge in [-0.3, -0.25) is 14.4 Å². The molecule has 1 saturated heterocycles. The second-order valence-corrected chi connectivity index (χ2v) is 9.85. The van der Waals surface area contributed by atoms with E-state index in [4.69, 9.17) is 0 Å². The van der Waals surface area contributed by atoms with Gasteiger partial charge in [-0.05, 0) is 29.9 Å². The van der Waals surface area contributed by atoms with Gasteiger partial charge in [-0.15, -0.1) is 0 Å². The molecule has 7 heteroatoms. The summed E-state index contributed by atoms with van der Waals surface area (Å²) < 4.78 is 1.81. The van der Waals surface area contributed by atoms with Crippen molar-refractivity contribution < 1.29 is 14.5 Å². The van der Waals surface area contributed by atoms with Crippen molar-refractivity contribution in [3.8, 4) is 0 Å². The van der Waals surface area contributed by atoms with Crippen LogP contribution >= 0.6 is 0 Å². The van der Waals surface area contributed by atoms with Gasteiger partial charge in [0.25, 0.3) is 11.5 Å². The molecule has 154 valence electrons. The van der Waals surface area contributed by atoms with E-state index in [0.29, 0.717) is 38.3 Å². The first-order valence-electron chi connectivity index (χ1n) is 10.1. The number of fused-ring (bicyclic) bond motifs is 4. The topological polar surface area (TPSA) is 75.8 Å². The summed E-state index contributed by atoms with van der Waals surface area (Å²) in [6.45, 7) is 8.54. The number of anilines is 1. The van der Waals surface area contributed by atoms with Crippen LogP contribution in [0, 0.1) is 11.3 Å². The van der Waals surface area contributed by atoms with E-state index in [2.05, 4.69) is 26.1 Å². The molecule has 28 heavy (non-hydrogen) atoms. The van der Waals surface area contributed by atoms with Crippen molar-refractivity contribution in [3.05, 3.63) is 28.2 Å². The minimum Gasteiger partial charge on any atom is -0.342 e. The van der Waals surface area contributed by atoms with Gasteiger partial charge in [0.2, 0.25) is 5.91 Å². The lowest BCUT2D eigenvalue weighted by atomic mass is 9.82. The summed E-state index contributed by atoms with van der Waals surface area (Å²) in [5.41, 5.74) is 1.16. The van der Waals surface area contributed by atoms with E-state index in [9.17, 15) is 14.4 Å². The number of amides is 2. The number of carbonyl (C=O) groups excluding carboxylic acids is 2. The standard InChI is InChI=1S/C21H32N4O3/c1-21(2,3)9-19(27)24-10-14-8-15(12-24)17-7-6-16(20(28)25(17)11-14)22-18(26)13-23(4)5/h6-7,14-15H,8-13H2,1-5H3,(H,22,26)/p+1/t14-,15+/m0/s1. The fraction of sp³-hybridized carbons (Fsp3) is 0.667. The number of quaternary nitrogens is 1. The molecule has 7 nitrogen and oxygen atoms in total. The Morgan fingerprint density at radius 3 is 2.54 bits per heavy atom. The number of likely N-dealkylation sites (tertiary alicyclic amines) is 1. The van der Waals surface area contributed by atoms with Crippen molar-refractivity contribution in [1.29, 1.82) is 0 Å². The maximum atomic E-state index is 12.9. The lowest BCUT2D eigenvalue weighted by Gasteiger charge is -2.43. The number of rotatable bonds is 4. The Labute approximate surface area is 166 Å². The van der Waals surface area contributed by atoms with E-state index >= 15 is 0 Å². The first kappa shape index (κ1) is 20.6. The molecular formula is C21H33N4O3+. The second-order valence-electron chi connectivity index (χ2n) is 9.85. The molecule has 2 aliphatic heterocycles. The number of nitrogens with zero attached hydrogens (tertiary/aromatic N) is 2. The van der Waals surface area contributed by atoms with E-state index in [-0.39, 0.29) is 34.6 Å². The number of hydrogen-bond donors (Lipinski definition) is 2. The van der Waals surface area contributed by atoms with E-state index in [0.717, 1.165) is 17.0 Å². The van der Waals surface area contributed by atoms with Gasteiger partial charge in [-0.1, -0.05) is 20.8 Å². The minimum atomic E-state index is -0.160. The van der Waals surface area contributed by atoms with Crippen LogP contribution < -0.4 is 15.8 Å². The third-order valence-electron chi connectivity index (χ3n) is 5.43. The zero-order chi connectivity index (χ0) is 20.6. The molecule has 2 aliphatic rings. The van der Waals surface area contributed by atoms with E-state index < -0.39 is 0 Å². The molecule has 1 aromatic rings. The molecule has 0 aliphatic carbocycles. The first-order chi connectivity index (χ1) is 13.0. The Morgan fingerprint density at radius 2 is 1.89 bits per heavy atom. The average molecular weight is 390 g/mol. The molecule has 0 unspecified atom stereocenters. The highest BCUT2D eigenvalue weighted by Crippen LogP contribution is 2.36. The molecular weight excluding hydrogens is 356 g/mol. The Morgan fingerprint density at radius 1 is 1.18 bits per heavy atom. The summed E-state index contributed by atoms with van der Waals surface area (Å²) in [6.07, 6.45) is 1.55. The summed E-state index contributed by atoms with van der Waals surface area (Å²) in [5.74, 6) is 0.505. The molecule has 1 aromatic heterocycles. The largest absolute Gasteiger partial charge is 0.342 e. The van der Waals surface area contributed by atoms with Crippen LogP contribution in [0.3, 0.4) is 0 Å². The molecule has 0 saturated carbocycles. The summed E-state index contributed by atoms with van der Waals surface area (Å²) >= 11 is 0. The minimum absolute atomic E-state index is 0.0279. The van der Waals surface area contributed by atoms with Gasteiger partial charge in [-0.2, -0.15) is 0 Å². The second kappa shape index (κ2) is 7.70. The van der Waals surface area contributed by atoms with Crippen LogP contribution in [0.2, 0.25) is 0 Å². The van der Waals surface area contributed by atoms with Crippen LogP contribution in [0.1, 0.15) is 45.2 Å². The van der Waals surface area contributed by atoms with Gasteiger partial charge < -0.3 is 19.7 Å². The van der Waals surface area contributed by atoms with E-state index in [1.807, 2.05) is 29.6 Å². The van der Waals surface area contributed by atoms with Gasteiger partial charge in [0.15, 0.2) is 6.54 Å². The van der Waals surface area contributed by atoms with Crippen LogP contribution in [-0.4, -0.2) is 55.0 Å². The molecule has 3 rings (SSSR count). The summed E-state index contributed by atoms with van der Waals surface area (Å²) in [6, 6.07) is 3.66. The lowest BCUT2D eigenvalue weighted by molar-refractivity contribution is -0.849. The SMILES string of the molecule is C[NH+](C)CC(=O)Nc1ccc2n(c1=O)C[C@H]1C[C@@H]2CN(C(=O)CC(C)(C)C)C1. The van der Waals surface area contributed by atoms with Crippen LogP contribution in [0.15, 0.2) is 16.9 Å². The third-order valence-corrected chi connectivity index (χ3v) is 5.43. The number of likely N-dealkylation sites (N-methyl/N-ethyl adjacent to an activating group) is 1. The molecule has 2 amide bonds. The summed E-state index contributed by atoms with van der Waals surface area (Å²) in [7, 11) is 3.79. The highest BCUT2D eigenvalue weighted by atomic mass is 16.2. The normalized spacial score (nSPS) is 21.4.